The van der Waals surface area contributed by atoms with E-state index in [-0.39, 0.29) is 5.03 Å². The number of nitrogens with zero attached hydrogens (tertiary/aromatic N) is 2. The standard InChI is InChI=1S/C15H25N3O2S/c1-2-13-16-12-14(17-13)21(19,20)18-10-8-15(9-11-18)6-4-3-5-7-15/h12H,2-11H2,1H3,(H,16,17). The second-order valence-corrected chi connectivity index (χ2v) is 8.42. The van der Waals surface area contributed by atoms with Gasteiger partial charge < -0.3 is 4.98 Å². The van der Waals surface area contributed by atoms with Gasteiger partial charge in [-0.15, -0.1) is 0 Å². The Morgan fingerprint density at radius 3 is 2.43 bits per heavy atom. The first-order chi connectivity index (χ1) is 10.1. The number of aromatic amines is 1. The predicted octanol–water partition coefficient (Wildman–Crippen LogP) is 2.71. The minimum Gasteiger partial charge on any atom is -0.332 e. The zero-order chi connectivity index (χ0) is 14.9. The van der Waals surface area contributed by atoms with Crippen LogP contribution < -0.4 is 0 Å². The smallest absolute Gasteiger partial charge is 0.260 e. The molecule has 0 unspecified atom stereocenters. The Morgan fingerprint density at radius 1 is 1.19 bits per heavy atom. The van der Waals surface area contributed by atoms with E-state index < -0.39 is 10.0 Å². The van der Waals surface area contributed by atoms with E-state index in [0.29, 0.717) is 18.5 Å². The topological polar surface area (TPSA) is 66.1 Å². The molecular formula is C15H25N3O2S. The second-order valence-electron chi connectivity index (χ2n) is 6.51. The van der Waals surface area contributed by atoms with Crippen molar-refractivity contribution in [1.29, 1.82) is 0 Å². The first kappa shape index (κ1) is 15.0. The summed E-state index contributed by atoms with van der Waals surface area (Å²) in [5, 5.41) is 0.249. The molecule has 2 fully saturated rings. The molecule has 0 amide bonds. The highest BCUT2D eigenvalue weighted by Gasteiger charge is 2.39. The van der Waals surface area contributed by atoms with Gasteiger partial charge in [-0.1, -0.05) is 26.2 Å². The van der Waals surface area contributed by atoms with Crippen LogP contribution in [0, 0.1) is 5.41 Å². The van der Waals surface area contributed by atoms with Gasteiger partial charge in [-0.2, -0.15) is 4.31 Å². The van der Waals surface area contributed by atoms with Crippen LogP contribution in [-0.4, -0.2) is 35.8 Å². The number of hydrogen-bond acceptors (Lipinski definition) is 3. The lowest BCUT2D eigenvalue weighted by molar-refractivity contribution is 0.102. The van der Waals surface area contributed by atoms with Gasteiger partial charge >= 0.3 is 0 Å². The monoisotopic (exact) mass is 311 g/mol. The molecule has 0 atom stereocenters. The summed E-state index contributed by atoms with van der Waals surface area (Å²) in [6, 6.07) is 0. The lowest BCUT2D eigenvalue weighted by Gasteiger charge is -2.43. The van der Waals surface area contributed by atoms with Gasteiger partial charge in [0.2, 0.25) is 0 Å². The van der Waals surface area contributed by atoms with Crippen molar-refractivity contribution in [3.8, 4) is 0 Å². The molecule has 1 aliphatic carbocycles. The van der Waals surface area contributed by atoms with Crippen LogP contribution in [0.2, 0.25) is 0 Å². The molecule has 0 radical (unpaired) electrons. The Kier molecular flexibility index (Phi) is 4.10. The summed E-state index contributed by atoms with van der Waals surface area (Å²) >= 11 is 0. The molecule has 1 aromatic rings. The highest BCUT2D eigenvalue weighted by Crippen LogP contribution is 2.45. The third kappa shape index (κ3) is 2.88. The van der Waals surface area contributed by atoms with Crippen LogP contribution >= 0.6 is 0 Å². The molecule has 21 heavy (non-hydrogen) atoms. The highest BCUT2D eigenvalue weighted by molar-refractivity contribution is 7.89. The molecule has 0 bridgehead atoms. The summed E-state index contributed by atoms with van der Waals surface area (Å²) in [4.78, 5) is 7.05. The van der Waals surface area contributed by atoms with Crippen molar-refractivity contribution in [3.63, 3.8) is 0 Å². The van der Waals surface area contributed by atoms with Crippen molar-refractivity contribution in [2.45, 2.75) is 63.3 Å². The number of imidazole rings is 1. The van der Waals surface area contributed by atoms with Crippen LogP contribution in [0.3, 0.4) is 0 Å². The first-order valence-corrected chi connectivity index (χ1v) is 9.54. The lowest BCUT2D eigenvalue weighted by atomic mass is 9.68. The van der Waals surface area contributed by atoms with Crippen molar-refractivity contribution in [2.75, 3.05) is 13.1 Å². The Labute approximate surface area is 127 Å². The summed E-state index contributed by atoms with van der Waals surface area (Å²) in [7, 11) is -3.39. The van der Waals surface area contributed by atoms with Crippen molar-refractivity contribution in [1.82, 2.24) is 14.3 Å². The molecule has 2 heterocycles. The fraction of sp³-hybridized carbons (Fsp3) is 0.800. The van der Waals surface area contributed by atoms with Crippen LogP contribution in [0.4, 0.5) is 0 Å². The number of rotatable bonds is 3. The van der Waals surface area contributed by atoms with Crippen molar-refractivity contribution in [2.24, 2.45) is 5.41 Å². The first-order valence-electron chi connectivity index (χ1n) is 8.10. The van der Waals surface area contributed by atoms with Gasteiger partial charge in [0.1, 0.15) is 5.82 Å². The van der Waals surface area contributed by atoms with Crippen LogP contribution in [0.1, 0.15) is 57.7 Å². The minimum atomic E-state index is -3.39. The fourth-order valence-electron chi connectivity index (χ4n) is 3.80. The van der Waals surface area contributed by atoms with Gasteiger partial charge in [0.05, 0.1) is 6.20 Å². The van der Waals surface area contributed by atoms with E-state index >= 15 is 0 Å². The van der Waals surface area contributed by atoms with Gasteiger partial charge in [-0.05, 0) is 31.1 Å². The normalized spacial score (nSPS) is 23.5. The van der Waals surface area contributed by atoms with Gasteiger partial charge in [-0.3, -0.25) is 0 Å². The third-order valence-corrected chi connectivity index (χ3v) is 7.06. The highest BCUT2D eigenvalue weighted by atomic mass is 32.2. The molecule has 1 aromatic heterocycles. The molecule has 1 aliphatic heterocycles. The van der Waals surface area contributed by atoms with E-state index in [2.05, 4.69) is 9.97 Å². The van der Waals surface area contributed by atoms with Crippen LogP contribution in [0.15, 0.2) is 11.2 Å². The molecule has 5 nitrogen and oxygen atoms in total. The zero-order valence-corrected chi connectivity index (χ0v) is 13.6. The summed E-state index contributed by atoms with van der Waals surface area (Å²) in [6.45, 7) is 3.27. The molecular weight excluding hydrogens is 286 g/mol. The number of H-pyrrole nitrogens is 1. The van der Waals surface area contributed by atoms with E-state index in [9.17, 15) is 8.42 Å². The molecule has 6 heteroatoms. The second kappa shape index (κ2) is 5.72. The van der Waals surface area contributed by atoms with Gasteiger partial charge in [-0.25, -0.2) is 13.4 Å². The molecule has 2 aliphatic rings. The van der Waals surface area contributed by atoms with E-state index in [4.69, 9.17) is 0 Å². The SMILES string of the molecule is CCc1ncc(S(=O)(=O)N2CCC3(CCCCC3)CC2)[nH]1. The number of sulfonamides is 1. The van der Waals surface area contributed by atoms with E-state index in [1.807, 2.05) is 6.92 Å². The van der Waals surface area contributed by atoms with Gasteiger partial charge in [0.15, 0.2) is 5.03 Å². The minimum absolute atomic E-state index is 0.249. The fourth-order valence-corrected chi connectivity index (χ4v) is 5.17. The van der Waals surface area contributed by atoms with E-state index in [1.54, 1.807) is 4.31 Å². The maximum atomic E-state index is 12.6. The maximum Gasteiger partial charge on any atom is 0.260 e. The Hall–Kier alpha value is -0.880. The third-order valence-electron chi connectivity index (χ3n) is 5.26. The van der Waals surface area contributed by atoms with Crippen LogP contribution in [0.25, 0.3) is 0 Å². The average Bonchev–Trinajstić information content (AvgIpc) is 2.98. The van der Waals surface area contributed by atoms with Crippen molar-refractivity contribution >= 4 is 10.0 Å². The molecule has 1 spiro atoms. The summed E-state index contributed by atoms with van der Waals surface area (Å²) in [5.74, 6) is 0.731. The molecule has 1 saturated carbocycles. The number of piperidine rings is 1. The van der Waals surface area contributed by atoms with Crippen molar-refractivity contribution in [3.05, 3.63) is 12.0 Å². The molecule has 1 saturated heterocycles. The van der Waals surface area contributed by atoms with Crippen LogP contribution in [-0.2, 0) is 16.4 Å². The van der Waals surface area contributed by atoms with Crippen molar-refractivity contribution < 1.29 is 8.42 Å². The lowest BCUT2D eigenvalue weighted by Crippen LogP contribution is -2.43. The average molecular weight is 311 g/mol. The molecule has 118 valence electrons. The Bertz CT molecular complexity index is 578. The van der Waals surface area contributed by atoms with Crippen LogP contribution in [0.5, 0.6) is 0 Å². The van der Waals surface area contributed by atoms with E-state index in [0.717, 1.165) is 25.1 Å². The molecule has 0 aromatic carbocycles. The number of aryl methyl sites for hydroxylation is 1. The van der Waals surface area contributed by atoms with E-state index in [1.165, 1.54) is 38.3 Å². The van der Waals surface area contributed by atoms with Gasteiger partial charge in [0.25, 0.3) is 10.0 Å². The summed E-state index contributed by atoms with van der Waals surface area (Å²) < 4.78 is 26.9. The predicted molar refractivity (Wildman–Crippen MR) is 81.5 cm³/mol. The summed E-state index contributed by atoms with van der Waals surface area (Å²) in [6.07, 6.45) is 10.7. The Balaban J connectivity index is 1.70. The van der Waals surface area contributed by atoms with Gasteiger partial charge in [0, 0.05) is 19.5 Å². The zero-order valence-electron chi connectivity index (χ0n) is 12.8. The number of hydrogen-bond donors (Lipinski definition) is 1. The maximum absolute atomic E-state index is 12.6. The number of nitrogens with one attached hydrogen (secondary N) is 1. The number of aromatic nitrogens is 2. The Morgan fingerprint density at radius 2 is 1.86 bits per heavy atom. The molecule has 3 rings (SSSR count). The summed E-state index contributed by atoms with van der Waals surface area (Å²) in [5.41, 5.74) is 0.423. The largest absolute Gasteiger partial charge is 0.332 e. The quantitative estimate of drug-likeness (QED) is 0.933. The molecule has 1 N–H and O–H groups in total.